The van der Waals surface area contributed by atoms with Gasteiger partial charge in [-0.05, 0) is 53.1 Å². The van der Waals surface area contributed by atoms with Crippen LogP contribution in [0, 0.1) is 11.3 Å². The Morgan fingerprint density at radius 2 is 1.81 bits per heavy atom. The minimum absolute atomic E-state index is 0.110. The lowest BCUT2D eigenvalue weighted by Crippen LogP contribution is -2.40. The first kappa shape index (κ1) is 24.0. The van der Waals surface area contributed by atoms with Crippen LogP contribution in [0.15, 0.2) is 53.4 Å². The molecule has 0 aliphatic heterocycles. The van der Waals surface area contributed by atoms with Crippen LogP contribution in [0.3, 0.4) is 0 Å². The second kappa shape index (κ2) is 9.88. The van der Waals surface area contributed by atoms with Gasteiger partial charge in [0.15, 0.2) is 0 Å². The molecule has 1 unspecified atom stereocenters. The topological polar surface area (TPSA) is 107 Å². The Bertz CT molecular complexity index is 1330. The lowest BCUT2D eigenvalue weighted by atomic mass is 10.00. The van der Waals surface area contributed by atoms with Crippen LogP contribution in [0.25, 0.3) is 21.9 Å². The van der Waals surface area contributed by atoms with Crippen LogP contribution < -0.4 is 4.72 Å². The van der Waals surface area contributed by atoms with Gasteiger partial charge in [-0.1, -0.05) is 61.2 Å². The highest BCUT2D eigenvalue weighted by Crippen LogP contribution is 2.38. The Kier molecular flexibility index (Phi) is 7.42. The quantitative estimate of drug-likeness (QED) is 0.426. The molecule has 3 aromatic rings. The van der Waals surface area contributed by atoms with Crippen LogP contribution in [0.4, 0.5) is 0 Å². The maximum absolute atomic E-state index is 13.2. The molecular formula is C23H20Cl2N2O4S. The van der Waals surface area contributed by atoms with E-state index in [1.165, 1.54) is 12.1 Å². The number of aliphatic carboxylic acids is 1. The van der Waals surface area contributed by atoms with E-state index in [1.54, 1.807) is 36.4 Å². The van der Waals surface area contributed by atoms with Gasteiger partial charge in [0, 0.05) is 10.6 Å². The smallest absolute Gasteiger partial charge is 0.321 e. The molecule has 3 aromatic carbocycles. The monoisotopic (exact) mass is 490 g/mol. The minimum atomic E-state index is -4.27. The largest absolute Gasteiger partial charge is 0.480 e. The molecule has 0 aliphatic rings. The molecule has 0 aromatic heterocycles. The Balaban J connectivity index is 2.14. The van der Waals surface area contributed by atoms with Crippen LogP contribution in [0.2, 0.25) is 10.0 Å². The Hall–Kier alpha value is -2.63. The number of nitrogens with zero attached hydrogens (tertiary/aromatic N) is 1. The van der Waals surface area contributed by atoms with Gasteiger partial charge in [0.25, 0.3) is 0 Å². The van der Waals surface area contributed by atoms with Crippen molar-refractivity contribution in [3.63, 3.8) is 0 Å². The maximum atomic E-state index is 13.2. The van der Waals surface area contributed by atoms with Crippen LogP contribution in [-0.2, 0) is 14.8 Å². The van der Waals surface area contributed by atoms with Gasteiger partial charge in [-0.15, -0.1) is 0 Å². The summed E-state index contributed by atoms with van der Waals surface area (Å²) in [7, 11) is -4.27. The number of nitrogens with one attached hydrogen (secondary N) is 1. The molecule has 0 aliphatic carbocycles. The molecule has 166 valence electrons. The molecule has 3 rings (SSSR count). The first-order chi connectivity index (χ1) is 15.2. The third kappa shape index (κ3) is 5.22. The van der Waals surface area contributed by atoms with E-state index >= 15 is 0 Å². The van der Waals surface area contributed by atoms with Gasteiger partial charge in [-0.3, -0.25) is 4.79 Å². The van der Waals surface area contributed by atoms with Crippen molar-refractivity contribution in [2.45, 2.75) is 37.1 Å². The third-order valence-corrected chi connectivity index (χ3v) is 7.02. The van der Waals surface area contributed by atoms with E-state index < -0.39 is 22.0 Å². The van der Waals surface area contributed by atoms with Gasteiger partial charge >= 0.3 is 5.97 Å². The van der Waals surface area contributed by atoms with Crippen molar-refractivity contribution in [1.29, 1.82) is 5.26 Å². The van der Waals surface area contributed by atoms with Crippen LogP contribution in [-0.4, -0.2) is 25.5 Å². The SMILES string of the molecule is CCCCC(NS(=O)(=O)c1cc(Cl)cc(Cl)c1-c1ccc2cc(C#N)ccc2c1)C(=O)O. The summed E-state index contributed by atoms with van der Waals surface area (Å²) in [4.78, 5) is 11.4. The van der Waals surface area contributed by atoms with Crippen molar-refractivity contribution in [3.05, 3.63) is 64.1 Å². The number of halogens is 2. The summed E-state index contributed by atoms with van der Waals surface area (Å²) in [6.07, 6.45) is 1.44. The number of sulfonamides is 1. The fourth-order valence-corrected chi connectivity index (χ4v) is 5.63. The summed E-state index contributed by atoms with van der Waals surface area (Å²) >= 11 is 12.5. The number of hydrogen-bond acceptors (Lipinski definition) is 4. The zero-order valence-corrected chi connectivity index (χ0v) is 19.4. The lowest BCUT2D eigenvalue weighted by molar-refractivity contribution is -0.139. The molecule has 0 saturated carbocycles. The van der Waals surface area contributed by atoms with Crippen LogP contribution in [0.1, 0.15) is 31.7 Å². The Labute approximate surface area is 196 Å². The zero-order chi connectivity index (χ0) is 23.5. The first-order valence-corrected chi connectivity index (χ1v) is 12.1. The van der Waals surface area contributed by atoms with Gasteiger partial charge in [0.05, 0.1) is 21.6 Å². The van der Waals surface area contributed by atoms with E-state index in [-0.39, 0.29) is 26.9 Å². The van der Waals surface area contributed by atoms with Gasteiger partial charge < -0.3 is 5.11 Å². The van der Waals surface area contributed by atoms with E-state index in [4.69, 9.17) is 28.5 Å². The van der Waals surface area contributed by atoms with E-state index in [1.807, 2.05) is 6.92 Å². The average Bonchev–Trinajstić information content (AvgIpc) is 2.75. The summed E-state index contributed by atoms with van der Waals surface area (Å²) in [6, 6.07) is 13.9. The van der Waals surface area contributed by atoms with Crippen molar-refractivity contribution in [3.8, 4) is 17.2 Å². The number of carboxylic acids is 1. The standard InChI is InChI=1S/C23H20Cl2N2O4S/c1-2-3-4-20(23(28)29)27-32(30,31)21-12-18(24)11-19(25)22(21)17-8-7-15-9-14(13-26)5-6-16(15)10-17/h5-12,20,27H,2-4H2,1H3,(H,28,29). The normalized spacial score (nSPS) is 12.4. The molecular weight excluding hydrogens is 471 g/mol. The second-order valence-electron chi connectivity index (χ2n) is 7.30. The predicted molar refractivity (Wildman–Crippen MR) is 125 cm³/mol. The highest BCUT2D eigenvalue weighted by atomic mass is 35.5. The number of carbonyl (C=O) groups is 1. The van der Waals surface area contributed by atoms with Crippen LogP contribution >= 0.6 is 23.2 Å². The molecule has 9 heteroatoms. The molecule has 0 spiro atoms. The highest BCUT2D eigenvalue weighted by Gasteiger charge is 2.28. The van der Waals surface area contributed by atoms with Crippen molar-refractivity contribution in [2.24, 2.45) is 0 Å². The fourth-order valence-electron chi connectivity index (χ4n) is 3.40. The van der Waals surface area contributed by atoms with Crippen molar-refractivity contribution in [1.82, 2.24) is 4.72 Å². The lowest BCUT2D eigenvalue weighted by Gasteiger charge is -2.18. The number of benzene rings is 3. The van der Waals surface area contributed by atoms with Gasteiger partial charge in [-0.2, -0.15) is 9.98 Å². The fraction of sp³-hybridized carbons (Fsp3) is 0.217. The summed E-state index contributed by atoms with van der Waals surface area (Å²) < 4.78 is 28.7. The second-order valence-corrected chi connectivity index (χ2v) is 9.83. The van der Waals surface area contributed by atoms with Gasteiger partial charge in [0.1, 0.15) is 6.04 Å². The third-order valence-electron chi connectivity index (χ3n) is 5.01. The average molecular weight is 491 g/mol. The number of unbranched alkanes of at least 4 members (excludes halogenated alkanes) is 1. The van der Waals surface area contributed by atoms with E-state index in [0.717, 1.165) is 17.2 Å². The predicted octanol–water partition coefficient (Wildman–Crippen LogP) is 5.61. The van der Waals surface area contributed by atoms with Crippen LogP contribution in [0.5, 0.6) is 0 Å². The molecule has 32 heavy (non-hydrogen) atoms. The minimum Gasteiger partial charge on any atom is -0.480 e. The van der Waals surface area contributed by atoms with E-state index in [0.29, 0.717) is 17.5 Å². The molecule has 1 atom stereocenters. The van der Waals surface area contributed by atoms with E-state index in [9.17, 15) is 18.3 Å². The Morgan fingerprint density at radius 3 is 2.47 bits per heavy atom. The first-order valence-electron chi connectivity index (χ1n) is 9.84. The molecule has 0 bridgehead atoms. The van der Waals surface area contributed by atoms with E-state index in [2.05, 4.69) is 10.8 Å². The van der Waals surface area contributed by atoms with Gasteiger partial charge in [-0.25, -0.2) is 8.42 Å². The summed E-state index contributed by atoms with van der Waals surface area (Å²) in [5.41, 5.74) is 1.24. The molecule has 0 heterocycles. The molecule has 0 fully saturated rings. The molecule has 6 nitrogen and oxygen atoms in total. The number of fused-ring (bicyclic) bond motifs is 1. The summed E-state index contributed by atoms with van der Waals surface area (Å²) in [5, 5.41) is 20.4. The molecule has 0 amide bonds. The van der Waals surface area contributed by atoms with Crippen molar-refractivity contribution >= 4 is 50.0 Å². The molecule has 2 N–H and O–H groups in total. The summed E-state index contributed by atoms with van der Waals surface area (Å²) in [5.74, 6) is -1.25. The Morgan fingerprint density at radius 1 is 1.12 bits per heavy atom. The van der Waals surface area contributed by atoms with Crippen molar-refractivity contribution < 1.29 is 18.3 Å². The summed E-state index contributed by atoms with van der Waals surface area (Å²) in [6.45, 7) is 1.89. The number of hydrogen-bond donors (Lipinski definition) is 2. The number of rotatable bonds is 8. The number of carboxylic acid groups (broad SMARTS) is 1. The molecule has 0 saturated heterocycles. The van der Waals surface area contributed by atoms with Crippen molar-refractivity contribution in [2.75, 3.05) is 0 Å². The van der Waals surface area contributed by atoms with Gasteiger partial charge in [0.2, 0.25) is 10.0 Å². The molecule has 0 radical (unpaired) electrons. The number of nitriles is 1. The zero-order valence-electron chi connectivity index (χ0n) is 17.1. The maximum Gasteiger partial charge on any atom is 0.321 e. The highest BCUT2D eigenvalue weighted by molar-refractivity contribution is 7.89.